The lowest BCUT2D eigenvalue weighted by Gasteiger charge is -2.34. The van der Waals surface area contributed by atoms with Crippen molar-refractivity contribution in [3.8, 4) is 0 Å². The number of carbonyl (C=O) groups is 2. The van der Waals surface area contributed by atoms with Gasteiger partial charge in [-0.3, -0.25) is 13.9 Å². The molecule has 0 spiro atoms. The second-order valence-corrected chi connectivity index (χ2v) is 13.3. The molecule has 1 unspecified atom stereocenters. The maximum absolute atomic E-state index is 14.6. The number of anilines is 1. The summed E-state index contributed by atoms with van der Waals surface area (Å²) in [5.41, 5.74) is 4.91. The largest absolute Gasteiger partial charge is 0.354 e. The van der Waals surface area contributed by atoms with Crippen LogP contribution in [0, 0.1) is 20.8 Å². The van der Waals surface area contributed by atoms with Crippen LogP contribution < -0.4 is 9.62 Å². The molecule has 0 heterocycles. The molecule has 236 valence electrons. The summed E-state index contributed by atoms with van der Waals surface area (Å²) in [5.74, 6) is -0.737. The minimum absolute atomic E-state index is 0.0851. The molecule has 1 N–H and O–H groups in total. The highest BCUT2D eigenvalue weighted by Crippen LogP contribution is 2.29. The van der Waals surface area contributed by atoms with Gasteiger partial charge in [0.25, 0.3) is 10.0 Å². The van der Waals surface area contributed by atoms with E-state index in [1.807, 2.05) is 81.4 Å². The molecule has 8 heteroatoms. The first kappa shape index (κ1) is 33.5. The van der Waals surface area contributed by atoms with Crippen LogP contribution in [0.5, 0.6) is 0 Å². The number of carbonyl (C=O) groups excluding carboxylic acids is 2. The first-order valence-electron chi connectivity index (χ1n) is 15.4. The number of sulfonamides is 1. The maximum atomic E-state index is 14.6. The van der Waals surface area contributed by atoms with E-state index >= 15 is 0 Å². The number of hydrogen-bond acceptors (Lipinski definition) is 4. The Labute approximate surface area is 268 Å². The molecule has 0 aliphatic rings. The predicted molar refractivity (Wildman–Crippen MR) is 180 cm³/mol. The van der Waals surface area contributed by atoms with Gasteiger partial charge in [-0.25, -0.2) is 8.42 Å². The summed E-state index contributed by atoms with van der Waals surface area (Å²) in [6, 6.07) is 30.1. The highest BCUT2D eigenvalue weighted by Gasteiger charge is 2.35. The quantitative estimate of drug-likeness (QED) is 0.165. The molecule has 0 saturated carbocycles. The van der Waals surface area contributed by atoms with Gasteiger partial charge in [0.05, 0.1) is 10.6 Å². The average molecular weight is 626 g/mol. The fraction of sp³-hybridized carbons (Fsp3) is 0.297. The van der Waals surface area contributed by atoms with Crippen molar-refractivity contribution in [3.05, 3.63) is 131 Å². The average Bonchev–Trinajstić information content (AvgIpc) is 3.04. The molecule has 4 aromatic carbocycles. The standard InChI is InChI=1S/C37H43N3O4S/c1-5-6-24-38-37(42)35(25-31-15-9-7-10-16-31)39(26-32-22-20-28(2)21-23-32)36(41)27-40(34-19-13-14-29(3)30(34)4)45(43,44)33-17-11-8-12-18-33/h7-23,35H,5-6,24-27H2,1-4H3,(H,38,42). The summed E-state index contributed by atoms with van der Waals surface area (Å²) in [5, 5.41) is 3.03. The minimum Gasteiger partial charge on any atom is -0.354 e. The van der Waals surface area contributed by atoms with E-state index in [9.17, 15) is 18.0 Å². The monoisotopic (exact) mass is 625 g/mol. The van der Waals surface area contributed by atoms with E-state index in [1.54, 1.807) is 30.3 Å². The lowest BCUT2D eigenvalue weighted by molar-refractivity contribution is -0.140. The number of unbranched alkanes of at least 4 members (excludes halogenated alkanes) is 1. The van der Waals surface area contributed by atoms with Gasteiger partial charge in [0, 0.05) is 19.5 Å². The first-order valence-corrected chi connectivity index (χ1v) is 16.9. The smallest absolute Gasteiger partial charge is 0.264 e. The Kier molecular flexibility index (Phi) is 11.5. The molecule has 2 amide bonds. The third kappa shape index (κ3) is 8.60. The van der Waals surface area contributed by atoms with Crippen LogP contribution in [0.2, 0.25) is 0 Å². The SMILES string of the molecule is CCCCNC(=O)C(Cc1ccccc1)N(Cc1ccc(C)cc1)C(=O)CN(c1cccc(C)c1C)S(=O)(=O)c1ccccc1. The van der Waals surface area contributed by atoms with E-state index in [-0.39, 0.29) is 23.8 Å². The van der Waals surface area contributed by atoms with Crippen molar-refractivity contribution in [3.63, 3.8) is 0 Å². The van der Waals surface area contributed by atoms with Crippen molar-refractivity contribution >= 4 is 27.5 Å². The van der Waals surface area contributed by atoms with E-state index < -0.39 is 28.5 Å². The number of nitrogens with zero attached hydrogens (tertiary/aromatic N) is 2. The maximum Gasteiger partial charge on any atom is 0.264 e. The van der Waals surface area contributed by atoms with Crippen LogP contribution in [-0.2, 0) is 32.6 Å². The van der Waals surface area contributed by atoms with Crippen LogP contribution in [0.25, 0.3) is 0 Å². The molecule has 45 heavy (non-hydrogen) atoms. The first-order chi connectivity index (χ1) is 21.6. The van der Waals surface area contributed by atoms with Gasteiger partial charge in [-0.1, -0.05) is 104 Å². The van der Waals surface area contributed by atoms with Crippen LogP contribution >= 0.6 is 0 Å². The number of aryl methyl sites for hydroxylation is 2. The van der Waals surface area contributed by atoms with Crippen LogP contribution in [0.4, 0.5) is 5.69 Å². The van der Waals surface area contributed by atoms with Gasteiger partial charge in [-0.05, 0) is 67.6 Å². The van der Waals surface area contributed by atoms with Crippen LogP contribution in [0.15, 0.2) is 108 Å². The van der Waals surface area contributed by atoms with Gasteiger partial charge in [0.15, 0.2) is 0 Å². The van der Waals surface area contributed by atoms with Gasteiger partial charge >= 0.3 is 0 Å². The molecule has 7 nitrogen and oxygen atoms in total. The number of nitrogens with one attached hydrogen (secondary N) is 1. The molecule has 0 fully saturated rings. The van der Waals surface area contributed by atoms with Crippen molar-refractivity contribution in [1.82, 2.24) is 10.2 Å². The Hall–Kier alpha value is -4.43. The molecule has 0 aliphatic carbocycles. The lowest BCUT2D eigenvalue weighted by Crippen LogP contribution is -2.53. The summed E-state index contributed by atoms with van der Waals surface area (Å²) in [4.78, 5) is 30.1. The van der Waals surface area contributed by atoms with Crippen molar-refractivity contribution in [2.24, 2.45) is 0 Å². The third-order valence-corrected chi connectivity index (χ3v) is 9.80. The number of benzene rings is 4. The molecule has 0 bridgehead atoms. The molecular weight excluding hydrogens is 582 g/mol. The number of rotatable bonds is 14. The normalized spacial score (nSPS) is 11.9. The molecule has 4 aromatic rings. The third-order valence-electron chi connectivity index (χ3n) is 8.03. The molecular formula is C37H43N3O4S. The Bertz CT molecular complexity index is 1670. The van der Waals surface area contributed by atoms with Gasteiger partial charge in [0.2, 0.25) is 11.8 Å². The highest BCUT2D eigenvalue weighted by molar-refractivity contribution is 7.92. The zero-order valence-corrected chi connectivity index (χ0v) is 27.4. The van der Waals surface area contributed by atoms with Gasteiger partial charge in [-0.2, -0.15) is 0 Å². The summed E-state index contributed by atoms with van der Waals surface area (Å²) in [7, 11) is -4.14. The van der Waals surface area contributed by atoms with E-state index in [1.165, 1.54) is 21.3 Å². The Balaban J connectivity index is 1.81. The Morgan fingerprint density at radius 3 is 2.07 bits per heavy atom. The summed E-state index contributed by atoms with van der Waals surface area (Å²) < 4.78 is 29.6. The zero-order chi connectivity index (χ0) is 32.4. The molecule has 0 aliphatic heterocycles. The van der Waals surface area contributed by atoms with Gasteiger partial charge in [-0.15, -0.1) is 0 Å². The zero-order valence-electron chi connectivity index (χ0n) is 26.6. The van der Waals surface area contributed by atoms with Crippen molar-refractivity contribution in [1.29, 1.82) is 0 Å². The fourth-order valence-corrected chi connectivity index (χ4v) is 6.68. The van der Waals surface area contributed by atoms with E-state index in [0.717, 1.165) is 40.7 Å². The second-order valence-electron chi connectivity index (χ2n) is 11.4. The minimum atomic E-state index is -4.14. The van der Waals surface area contributed by atoms with E-state index in [2.05, 4.69) is 12.2 Å². The topological polar surface area (TPSA) is 86.8 Å². The summed E-state index contributed by atoms with van der Waals surface area (Å²) >= 11 is 0. The summed E-state index contributed by atoms with van der Waals surface area (Å²) in [6.45, 7) is 7.97. The molecule has 0 saturated heterocycles. The van der Waals surface area contributed by atoms with Crippen molar-refractivity contribution in [2.75, 3.05) is 17.4 Å². The predicted octanol–water partition coefficient (Wildman–Crippen LogP) is 6.36. The number of amides is 2. The van der Waals surface area contributed by atoms with Crippen LogP contribution in [0.3, 0.4) is 0 Å². The fourth-order valence-electron chi connectivity index (χ4n) is 5.19. The van der Waals surface area contributed by atoms with E-state index in [0.29, 0.717) is 12.2 Å². The Morgan fingerprint density at radius 2 is 1.42 bits per heavy atom. The Morgan fingerprint density at radius 1 is 0.778 bits per heavy atom. The van der Waals surface area contributed by atoms with Crippen LogP contribution in [0.1, 0.15) is 47.6 Å². The van der Waals surface area contributed by atoms with Crippen molar-refractivity contribution < 1.29 is 18.0 Å². The summed E-state index contributed by atoms with van der Waals surface area (Å²) in [6.07, 6.45) is 2.01. The van der Waals surface area contributed by atoms with Gasteiger partial charge < -0.3 is 10.2 Å². The molecule has 4 rings (SSSR count). The highest BCUT2D eigenvalue weighted by atomic mass is 32.2. The van der Waals surface area contributed by atoms with E-state index in [4.69, 9.17) is 0 Å². The van der Waals surface area contributed by atoms with Crippen molar-refractivity contribution in [2.45, 2.75) is 64.4 Å². The second kappa shape index (κ2) is 15.5. The van der Waals surface area contributed by atoms with Crippen LogP contribution in [-0.4, -0.2) is 44.3 Å². The molecule has 1 atom stereocenters. The lowest BCUT2D eigenvalue weighted by atomic mass is 10.0. The molecule has 0 aromatic heterocycles. The van der Waals surface area contributed by atoms with Gasteiger partial charge in [0.1, 0.15) is 12.6 Å². The molecule has 0 radical (unpaired) electrons. The number of hydrogen-bond donors (Lipinski definition) is 1.